The van der Waals surface area contributed by atoms with Gasteiger partial charge in [-0.1, -0.05) is 176 Å². The van der Waals surface area contributed by atoms with Crippen molar-refractivity contribution in [1.29, 1.82) is 0 Å². The lowest BCUT2D eigenvalue weighted by Crippen LogP contribution is -2.00. The van der Waals surface area contributed by atoms with E-state index in [0.29, 0.717) is 0 Å². The van der Waals surface area contributed by atoms with Crippen LogP contribution in [0, 0.1) is 0 Å². The first-order chi connectivity index (χ1) is 41.7. The highest BCUT2D eigenvalue weighted by molar-refractivity contribution is 6.28. The molecule has 19 aromatic rings. The Hall–Kier alpha value is -11.3. The van der Waals surface area contributed by atoms with Gasteiger partial charge < -0.3 is 27.4 Å². The smallest absolute Gasteiger partial charge is 0.0641 e. The van der Waals surface area contributed by atoms with Crippen molar-refractivity contribution in [3.05, 3.63) is 291 Å². The van der Waals surface area contributed by atoms with Crippen LogP contribution in [0.4, 0.5) is 0 Å². The molecule has 0 aliphatic carbocycles. The van der Waals surface area contributed by atoms with Crippen molar-refractivity contribution in [1.82, 2.24) is 27.4 Å². The van der Waals surface area contributed by atoms with E-state index in [1.54, 1.807) is 0 Å². The standard InChI is InChI=1S/C78H48N6/c1-9-34-65-55(26-1)56-27-2-10-35-66(56)79(65)49-20-17-22-51(46-49)81-71-40-15-7-32-63(71)75-73(81)44-42-62-60-31-6-14-39-70(60)84(78(62)75)54-25-19-23-52(48-54)82-72-41-16-8-33-64(72)76-74(82)45-43-61-59-30-5-13-38-69(59)83(77(61)76)53-24-18-21-50(47-53)80-67-36-11-3-28-57(67)58-29-4-12-37-68(58)80/h1-48H. The first-order valence-electron chi connectivity index (χ1n) is 28.9. The minimum atomic E-state index is 1.09. The largest absolute Gasteiger partial charge is 0.309 e. The van der Waals surface area contributed by atoms with Crippen molar-refractivity contribution in [3.63, 3.8) is 0 Å². The summed E-state index contributed by atoms with van der Waals surface area (Å²) in [5.41, 5.74) is 20.8. The lowest BCUT2D eigenvalue weighted by Gasteiger charge is -2.14. The van der Waals surface area contributed by atoms with Gasteiger partial charge in [0.15, 0.2) is 0 Å². The average Bonchev–Trinajstić information content (AvgIpc) is 3.81. The summed E-state index contributed by atoms with van der Waals surface area (Å²) in [4.78, 5) is 0. The molecule has 0 bridgehead atoms. The minimum Gasteiger partial charge on any atom is -0.309 e. The van der Waals surface area contributed by atoms with Gasteiger partial charge in [0.2, 0.25) is 0 Å². The number of fused-ring (bicyclic) bond motifs is 20. The van der Waals surface area contributed by atoms with Crippen molar-refractivity contribution in [2.75, 3.05) is 0 Å². The van der Waals surface area contributed by atoms with E-state index in [0.717, 1.165) is 56.2 Å². The van der Waals surface area contributed by atoms with Gasteiger partial charge in [-0.05, 0) is 115 Å². The number of aromatic nitrogens is 6. The van der Waals surface area contributed by atoms with E-state index in [1.807, 2.05) is 0 Å². The molecule has 19 rings (SSSR count). The van der Waals surface area contributed by atoms with Gasteiger partial charge in [0.25, 0.3) is 0 Å². The molecule has 6 aromatic heterocycles. The van der Waals surface area contributed by atoms with Gasteiger partial charge in [-0.15, -0.1) is 0 Å². The maximum Gasteiger partial charge on any atom is 0.0641 e. The van der Waals surface area contributed by atoms with Crippen LogP contribution in [0.1, 0.15) is 0 Å². The zero-order valence-electron chi connectivity index (χ0n) is 45.4. The Morgan fingerprint density at radius 2 is 0.357 bits per heavy atom. The molecular formula is C78H48N6. The SMILES string of the molecule is c1cc(-n2c3ccccc3c3ccccc32)cc(-n2c3ccccc3c3c2ccc2c4ccccc4n(-c4cccc(-n5c6ccccc6c6c5ccc5c7ccccc7n(-c7cccc(-n8c9ccccc9c9ccccc98)c7)c56)c4)c23)c1. The van der Waals surface area contributed by atoms with E-state index in [4.69, 9.17) is 0 Å². The Morgan fingerprint density at radius 3 is 0.655 bits per heavy atom. The van der Waals surface area contributed by atoms with E-state index < -0.39 is 0 Å². The zero-order chi connectivity index (χ0) is 54.7. The van der Waals surface area contributed by atoms with Crippen LogP contribution < -0.4 is 0 Å². The summed E-state index contributed by atoms with van der Waals surface area (Å²) in [7, 11) is 0. The normalized spacial score (nSPS) is 12.3. The van der Waals surface area contributed by atoms with Gasteiger partial charge in [0.1, 0.15) is 0 Å². The second-order valence-corrected chi connectivity index (χ2v) is 22.4. The highest BCUT2D eigenvalue weighted by Crippen LogP contribution is 2.46. The number of nitrogens with zero attached hydrogens (tertiary/aromatic N) is 6. The van der Waals surface area contributed by atoms with Crippen LogP contribution in [-0.2, 0) is 0 Å². The van der Waals surface area contributed by atoms with Crippen LogP contribution in [-0.4, -0.2) is 27.4 Å². The van der Waals surface area contributed by atoms with Gasteiger partial charge >= 0.3 is 0 Å². The third-order valence-corrected chi connectivity index (χ3v) is 18.1. The third-order valence-electron chi connectivity index (χ3n) is 18.1. The van der Waals surface area contributed by atoms with E-state index in [-0.39, 0.29) is 0 Å². The van der Waals surface area contributed by atoms with Crippen LogP contribution in [0.15, 0.2) is 291 Å². The quantitative estimate of drug-likeness (QED) is 0.159. The molecular weight excluding hydrogens is 1020 g/mol. The van der Waals surface area contributed by atoms with Crippen molar-refractivity contribution in [2.24, 2.45) is 0 Å². The maximum absolute atomic E-state index is 2.52. The molecule has 0 unspecified atom stereocenters. The molecule has 0 spiro atoms. The van der Waals surface area contributed by atoms with Gasteiger partial charge in [-0.2, -0.15) is 0 Å². The number of hydrogen-bond donors (Lipinski definition) is 0. The fourth-order valence-electron chi connectivity index (χ4n) is 14.8. The topological polar surface area (TPSA) is 29.6 Å². The summed E-state index contributed by atoms with van der Waals surface area (Å²) >= 11 is 0. The summed E-state index contributed by atoms with van der Waals surface area (Å²) in [6.07, 6.45) is 0. The summed E-state index contributed by atoms with van der Waals surface area (Å²) < 4.78 is 14.8. The lowest BCUT2D eigenvalue weighted by atomic mass is 10.1. The Bertz CT molecular complexity index is 5900. The fourth-order valence-corrected chi connectivity index (χ4v) is 14.8. The molecule has 6 heteroatoms. The Labute approximate surface area is 480 Å². The summed E-state index contributed by atoms with van der Waals surface area (Å²) in [6.45, 7) is 0. The van der Waals surface area contributed by atoms with Crippen LogP contribution >= 0.6 is 0 Å². The van der Waals surface area contributed by atoms with Gasteiger partial charge in [-0.3, -0.25) is 0 Å². The summed E-state index contributed by atoms with van der Waals surface area (Å²) in [5, 5.41) is 14.8. The predicted molar refractivity (Wildman–Crippen MR) is 352 cm³/mol. The van der Waals surface area contributed by atoms with Crippen LogP contribution in [0.3, 0.4) is 0 Å². The Balaban J connectivity index is 0.828. The first-order valence-corrected chi connectivity index (χ1v) is 28.9. The first kappa shape index (κ1) is 45.4. The van der Waals surface area contributed by atoms with Crippen molar-refractivity contribution >= 4 is 131 Å². The summed E-state index contributed by atoms with van der Waals surface area (Å²) in [6, 6.07) is 108. The monoisotopic (exact) mass is 1070 g/mol. The molecule has 0 aliphatic heterocycles. The molecule has 0 atom stereocenters. The highest BCUT2D eigenvalue weighted by atomic mass is 15.1. The number of para-hydroxylation sites is 8. The molecule has 6 heterocycles. The molecule has 84 heavy (non-hydrogen) atoms. The Kier molecular flexibility index (Phi) is 9.24. The molecule has 0 radical (unpaired) electrons. The van der Waals surface area contributed by atoms with E-state index in [9.17, 15) is 0 Å². The van der Waals surface area contributed by atoms with Crippen LogP contribution in [0.25, 0.3) is 165 Å². The minimum absolute atomic E-state index is 1.09. The second-order valence-electron chi connectivity index (χ2n) is 22.4. The number of benzene rings is 13. The fraction of sp³-hybridized carbons (Fsp3) is 0. The molecule has 0 amide bonds. The predicted octanol–water partition coefficient (Wildman–Crippen LogP) is 20.3. The maximum atomic E-state index is 2.52. The molecule has 390 valence electrons. The van der Waals surface area contributed by atoms with Gasteiger partial charge in [0.05, 0.1) is 66.2 Å². The summed E-state index contributed by atoms with van der Waals surface area (Å²) in [5.74, 6) is 0. The van der Waals surface area contributed by atoms with Crippen LogP contribution in [0.5, 0.6) is 0 Å². The molecule has 0 N–H and O–H groups in total. The van der Waals surface area contributed by atoms with Crippen molar-refractivity contribution in [3.8, 4) is 34.1 Å². The second kappa shape index (κ2) is 17.1. The molecule has 0 fully saturated rings. The van der Waals surface area contributed by atoms with Gasteiger partial charge in [0, 0.05) is 98.8 Å². The number of rotatable bonds is 6. The molecule has 13 aromatic carbocycles. The molecule has 6 nitrogen and oxygen atoms in total. The van der Waals surface area contributed by atoms with E-state index in [1.165, 1.54) is 109 Å². The van der Waals surface area contributed by atoms with E-state index >= 15 is 0 Å². The average molecular weight is 1070 g/mol. The highest BCUT2D eigenvalue weighted by Gasteiger charge is 2.25. The number of hydrogen-bond acceptors (Lipinski definition) is 0. The zero-order valence-corrected chi connectivity index (χ0v) is 45.4. The van der Waals surface area contributed by atoms with Crippen molar-refractivity contribution in [2.45, 2.75) is 0 Å². The molecule has 0 aliphatic rings. The lowest BCUT2D eigenvalue weighted by molar-refractivity contribution is 1.13. The Morgan fingerprint density at radius 1 is 0.143 bits per heavy atom. The van der Waals surface area contributed by atoms with Gasteiger partial charge in [-0.25, -0.2) is 0 Å². The third kappa shape index (κ3) is 6.12. The molecule has 0 saturated carbocycles. The van der Waals surface area contributed by atoms with E-state index in [2.05, 4.69) is 319 Å². The van der Waals surface area contributed by atoms with Crippen LogP contribution in [0.2, 0.25) is 0 Å². The van der Waals surface area contributed by atoms with Crippen molar-refractivity contribution < 1.29 is 0 Å². The molecule has 0 saturated heterocycles.